The lowest BCUT2D eigenvalue weighted by Gasteiger charge is -2.08. The second-order valence-electron chi connectivity index (χ2n) is 3.72. The van der Waals surface area contributed by atoms with E-state index in [0.29, 0.717) is 6.61 Å². The number of ether oxygens (including phenoxy) is 2. The summed E-state index contributed by atoms with van der Waals surface area (Å²) in [5, 5.41) is 4.19. The Morgan fingerprint density at radius 3 is 2.41 bits per heavy atom. The Bertz CT molecular complexity index is 463. The molecular formula is C13H16N2O2. The van der Waals surface area contributed by atoms with Crippen molar-refractivity contribution in [1.82, 2.24) is 9.78 Å². The number of nitrogens with zero attached hydrogens (tertiary/aromatic N) is 2. The topological polar surface area (TPSA) is 36.3 Å². The largest absolute Gasteiger partial charge is 0.497 e. The minimum atomic E-state index is 0.606. The number of hydrogen-bond donors (Lipinski definition) is 0. The standard InChI is InChI=1S/C13H16N2O2/c1-11-7-8-14-15(11)9-10-17-13-5-3-12(16-2)4-6-13/h3-8H,9-10H2,1-2H3. The highest BCUT2D eigenvalue weighted by Gasteiger charge is 1.98. The molecule has 1 aromatic carbocycles. The summed E-state index contributed by atoms with van der Waals surface area (Å²) in [7, 11) is 1.65. The molecule has 0 atom stereocenters. The molecule has 2 rings (SSSR count). The third kappa shape index (κ3) is 3.00. The van der Waals surface area contributed by atoms with Crippen molar-refractivity contribution in [2.75, 3.05) is 13.7 Å². The van der Waals surface area contributed by atoms with Crippen molar-refractivity contribution in [3.05, 3.63) is 42.2 Å². The number of benzene rings is 1. The normalized spacial score (nSPS) is 10.2. The van der Waals surface area contributed by atoms with E-state index in [2.05, 4.69) is 5.10 Å². The highest BCUT2D eigenvalue weighted by molar-refractivity contribution is 5.31. The van der Waals surface area contributed by atoms with E-state index in [9.17, 15) is 0 Å². The Labute approximate surface area is 101 Å². The van der Waals surface area contributed by atoms with Crippen LogP contribution in [0, 0.1) is 6.92 Å². The SMILES string of the molecule is COc1ccc(OCCn2nccc2C)cc1. The first-order valence-corrected chi connectivity index (χ1v) is 5.55. The zero-order chi connectivity index (χ0) is 12.1. The molecule has 4 nitrogen and oxygen atoms in total. The van der Waals surface area contributed by atoms with Gasteiger partial charge in [-0.3, -0.25) is 4.68 Å². The van der Waals surface area contributed by atoms with Crippen LogP contribution in [0.1, 0.15) is 5.69 Å². The fourth-order valence-corrected chi connectivity index (χ4v) is 1.55. The number of methoxy groups -OCH3 is 1. The summed E-state index contributed by atoms with van der Waals surface area (Å²) in [6.07, 6.45) is 1.79. The lowest BCUT2D eigenvalue weighted by molar-refractivity contribution is 0.289. The van der Waals surface area contributed by atoms with Gasteiger partial charge in [-0.15, -0.1) is 0 Å². The van der Waals surface area contributed by atoms with Crippen molar-refractivity contribution in [2.24, 2.45) is 0 Å². The molecule has 0 aliphatic carbocycles. The average Bonchev–Trinajstić information content (AvgIpc) is 2.76. The highest BCUT2D eigenvalue weighted by Crippen LogP contribution is 2.16. The van der Waals surface area contributed by atoms with Gasteiger partial charge in [0.1, 0.15) is 18.1 Å². The summed E-state index contributed by atoms with van der Waals surface area (Å²) in [4.78, 5) is 0. The summed E-state index contributed by atoms with van der Waals surface area (Å²) >= 11 is 0. The molecule has 4 heteroatoms. The van der Waals surface area contributed by atoms with Crippen molar-refractivity contribution >= 4 is 0 Å². The quantitative estimate of drug-likeness (QED) is 0.793. The van der Waals surface area contributed by atoms with Crippen LogP contribution in [-0.4, -0.2) is 23.5 Å². The third-order valence-corrected chi connectivity index (χ3v) is 2.56. The lowest BCUT2D eigenvalue weighted by Crippen LogP contribution is -2.10. The van der Waals surface area contributed by atoms with Gasteiger partial charge in [-0.05, 0) is 37.3 Å². The van der Waals surface area contributed by atoms with Crippen molar-refractivity contribution in [2.45, 2.75) is 13.5 Å². The second-order valence-corrected chi connectivity index (χ2v) is 3.72. The maximum Gasteiger partial charge on any atom is 0.119 e. The number of aryl methyl sites for hydroxylation is 1. The summed E-state index contributed by atoms with van der Waals surface area (Å²) in [6.45, 7) is 3.39. The molecule has 0 unspecified atom stereocenters. The zero-order valence-corrected chi connectivity index (χ0v) is 10.1. The van der Waals surface area contributed by atoms with Gasteiger partial charge >= 0.3 is 0 Å². The monoisotopic (exact) mass is 232 g/mol. The van der Waals surface area contributed by atoms with E-state index in [1.807, 2.05) is 41.9 Å². The molecule has 1 aromatic heterocycles. The van der Waals surface area contributed by atoms with Crippen LogP contribution in [0.25, 0.3) is 0 Å². The molecule has 0 saturated heterocycles. The molecular weight excluding hydrogens is 216 g/mol. The number of hydrogen-bond acceptors (Lipinski definition) is 3. The summed E-state index contributed by atoms with van der Waals surface area (Å²) in [5.41, 5.74) is 1.14. The van der Waals surface area contributed by atoms with Crippen LogP contribution in [0.2, 0.25) is 0 Å². The fourth-order valence-electron chi connectivity index (χ4n) is 1.55. The van der Waals surface area contributed by atoms with Crippen LogP contribution in [0.15, 0.2) is 36.5 Å². The second kappa shape index (κ2) is 5.39. The van der Waals surface area contributed by atoms with Crippen LogP contribution in [0.5, 0.6) is 11.5 Å². The predicted molar refractivity (Wildman–Crippen MR) is 65.5 cm³/mol. The fraction of sp³-hybridized carbons (Fsp3) is 0.308. The number of aromatic nitrogens is 2. The van der Waals surface area contributed by atoms with E-state index < -0.39 is 0 Å². The summed E-state index contributed by atoms with van der Waals surface area (Å²) < 4.78 is 12.6. The first kappa shape index (κ1) is 11.5. The molecule has 0 radical (unpaired) electrons. The molecule has 0 amide bonds. The maximum absolute atomic E-state index is 5.62. The minimum Gasteiger partial charge on any atom is -0.497 e. The van der Waals surface area contributed by atoms with Gasteiger partial charge in [0.05, 0.1) is 13.7 Å². The van der Waals surface area contributed by atoms with E-state index in [0.717, 1.165) is 23.7 Å². The number of rotatable bonds is 5. The first-order chi connectivity index (χ1) is 8.29. The molecule has 17 heavy (non-hydrogen) atoms. The lowest BCUT2D eigenvalue weighted by atomic mass is 10.3. The van der Waals surface area contributed by atoms with Crippen molar-refractivity contribution in [3.8, 4) is 11.5 Å². The molecule has 0 aliphatic rings. The minimum absolute atomic E-state index is 0.606. The van der Waals surface area contributed by atoms with Crippen molar-refractivity contribution < 1.29 is 9.47 Å². The van der Waals surface area contributed by atoms with E-state index in [1.165, 1.54) is 0 Å². The molecule has 2 aromatic rings. The Hall–Kier alpha value is -1.97. The molecule has 0 bridgehead atoms. The van der Waals surface area contributed by atoms with Crippen LogP contribution in [0.3, 0.4) is 0 Å². The molecule has 90 valence electrons. The predicted octanol–water partition coefficient (Wildman–Crippen LogP) is 2.28. The molecule has 1 heterocycles. The average molecular weight is 232 g/mol. The third-order valence-electron chi connectivity index (χ3n) is 2.56. The first-order valence-electron chi connectivity index (χ1n) is 5.55. The highest BCUT2D eigenvalue weighted by atomic mass is 16.5. The van der Waals surface area contributed by atoms with Crippen LogP contribution in [-0.2, 0) is 6.54 Å². The van der Waals surface area contributed by atoms with Gasteiger partial charge in [-0.25, -0.2) is 0 Å². The van der Waals surface area contributed by atoms with Gasteiger partial charge in [-0.2, -0.15) is 5.10 Å². The van der Waals surface area contributed by atoms with Crippen LogP contribution >= 0.6 is 0 Å². The summed E-state index contributed by atoms with van der Waals surface area (Å²) in [5.74, 6) is 1.68. The molecule has 0 aliphatic heterocycles. The van der Waals surface area contributed by atoms with E-state index in [-0.39, 0.29) is 0 Å². The van der Waals surface area contributed by atoms with E-state index in [1.54, 1.807) is 13.3 Å². The van der Waals surface area contributed by atoms with Gasteiger partial charge in [0, 0.05) is 11.9 Å². The zero-order valence-electron chi connectivity index (χ0n) is 10.1. The van der Waals surface area contributed by atoms with Gasteiger partial charge < -0.3 is 9.47 Å². The van der Waals surface area contributed by atoms with Crippen molar-refractivity contribution in [1.29, 1.82) is 0 Å². The molecule has 0 spiro atoms. The Balaban J connectivity index is 1.83. The van der Waals surface area contributed by atoms with E-state index >= 15 is 0 Å². The van der Waals surface area contributed by atoms with Gasteiger partial charge in [0.15, 0.2) is 0 Å². The molecule has 0 N–H and O–H groups in total. The van der Waals surface area contributed by atoms with Crippen molar-refractivity contribution in [3.63, 3.8) is 0 Å². The maximum atomic E-state index is 5.62. The summed E-state index contributed by atoms with van der Waals surface area (Å²) in [6, 6.07) is 9.54. The van der Waals surface area contributed by atoms with Crippen LogP contribution < -0.4 is 9.47 Å². The van der Waals surface area contributed by atoms with Gasteiger partial charge in [0.2, 0.25) is 0 Å². The Morgan fingerprint density at radius 2 is 1.82 bits per heavy atom. The molecule has 0 saturated carbocycles. The van der Waals surface area contributed by atoms with Gasteiger partial charge in [-0.1, -0.05) is 0 Å². The smallest absolute Gasteiger partial charge is 0.119 e. The Morgan fingerprint density at radius 1 is 1.12 bits per heavy atom. The van der Waals surface area contributed by atoms with Crippen LogP contribution in [0.4, 0.5) is 0 Å². The molecule has 0 fully saturated rings. The van der Waals surface area contributed by atoms with E-state index in [4.69, 9.17) is 9.47 Å². The Kier molecular flexibility index (Phi) is 3.65. The van der Waals surface area contributed by atoms with Gasteiger partial charge in [0.25, 0.3) is 0 Å².